The third-order valence-corrected chi connectivity index (χ3v) is 8.24. The molecule has 0 radical (unpaired) electrons. The number of nitrogens with zero attached hydrogens (tertiary/aromatic N) is 1. The number of carbonyl (C=O) groups excluding carboxylic acids is 2. The fourth-order valence-corrected chi connectivity index (χ4v) is 5.07. The smallest absolute Gasteiger partial charge is 0.306 e. The Labute approximate surface area is 304 Å². The molecule has 1 aromatic rings. The van der Waals surface area contributed by atoms with Gasteiger partial charge in [0.15, 0.2) is 0 Å². The molecule has 0 atom stereocenters. The van der Waals surface area contributed by atoms with Crippen molar-refractivity contribution in [2.24, 2.45) is 0 Å². The number of allylic oxidation sites excluding steroid dienone is 12. The SMILES string of the molecule is CCCCC/C=C\C/C=C\C/C=C\CCCCC(=O)OCc1cnc(C)c(O)c1COC(=O)CCCC/C=C\C/C=C\C/C=C\CCCCC. The molecule has 0 aliphatic carbocycles. The molecule has 6 heteroatoms. The van der Waals surface area contributed by atoms with Crippen molar-refractivity contribution in [1.82, 2.24) is 4.98 Å². The Hall–Kier alpha value is -3.67. The molecule has 0 spiro atoms. The van der Waals surface area contributed by atoms with E-state index in [-0.39, 0.29) is 30.9 Å². The second-order valence-electron chi connectivity index (χ2n) is 12.8. The van der Waals surface area contributed by atoms with Crippen LogP contribution in [0.3, 0.4) is 0 Å². The van der Waals surface area contributed by atoms with Gasteiger partial charge in [0, 0.05) is 30.2 Å². The van der Waals surface area contributed by atoms with E-state index in [0.717, 1.165) is 64.2 Å². The Morgan fingerprint density at radius 1 is 0.580 bits per heavy atom. The van der Waals surface area contributed by atoms with E-state index in [1.807, 2.05) is 0 Å². The minimum Gasteiger partial charge on any atom is -0.506 e. The van der Waals surface area contributed by atoms with Crippen LogP contribution in [0.1, 0.15) is 159 Å². The molecule has 0 fully saturated rings. The molecule has 6 nitrogen and oxygen atoms in total. The Kier molecular flexibility index (Phi) is 28.9. The van der Waals surface area contributed by atoms with Gasteiger partial charge in [0.05, 0.1) is 5.69 Å². The van der Waals surface area contributed by atoms with Gasteiger partial charge in [0.25, 0.3) is 0 Å². The van der Waals surface area contributed by atoms with E-state index in [1.165, 1.54) is 51.4 Å². The lowest BCUT2D eigenvalue weighted by molar-refractivity contribution is -0.146. The van der Waals surface area contributed by atoms with E-state index in [9.17, 15) is 14.7 Å². The molecular weight excluding hydrogens is 622 g/mol. The average molecular weight is 690 g/mol. The van der Waals surface area contributed by atoms with Crippen molar-refractivity contribution >= 4 is 11.9 Å². The van der Waals surface area contributed by atoms with Crippen molar-refractivity contribution in [2.75, 3.05) is 0 Å². The third-order valence-electron chi connectivity index (χ3n) is 8.24. The number of pyridine rings is 1. The quantitative estimate of drug-likeness (QED) is 0.0491. The summed E-state index contributed by atoms with van der Waals surface area (Å²) >= 11 is 0. The van der Waals surface area contributed by atoms with Crippen molar-refractivity contribution < 1.29 is 24.2 Å². The average Bonchev–Trinajstić information content (AvgIpc) is 3.11. The van der Waals surface area contributed by atoms with E-state index < -0.39 is 0 Å². The summed E-state index contributed by atoms with van der Waals surface area (Å²) in [4.78, 5) is 29.0. The zero-order valence-corrected chi connectivity index (χ0v) is 31.6. The number of unbranched alkanes of at least 4 members (excludes halogenated alkanes) is 10. The molecule has 0 saturated heterocycles. The number of aryl methyl sites for hydroxylation is 1. The van der Waals surface area contributed by atoms with Crippen LogP contribution in [-0.4, -0.2) is 22.0 Å². The summed E-state index contributed by atoms with van der Waals surface area (Å²) in [6.45, 7) is 6.03. The molecular formula is C44H67NO5. The monoisotopic (exact) mass is 690 g/mol. The predicted molar refractivity (Wildman–Crippen MR) is 209 cm³/mol. The summed E-state index contributed by atoms with van der Waals surface area (Å²) in [5, 5.41) is 10.6. The summed E-state index contributed by atoms with van der Waals surface area (Å²) in [6, 6.07) is 0. The highest BCUT2D eigenvalue weighted by atomic mass is 16.5. The van der Waals surface area contributed by atoms with E-state index >= 15 is 0 Å². The van der Waals surface area contributed by atoms with Gasteiger partial charge < -0.3 is 14.6 Å². The van der Waals surface area contributed by atoms with Crippen LogP contribution in [0, 0.1) is 6.92 Å². The molecule has 0 aliphatic rings. The largest absolute Gasteiger partial charge is 0.506 e. The molecule has 278 valence electrons. The maximum Gasteiger partial charge on any atom is 0.306 e. The normalized spacial score (nSPS) is 12.2. The van der Waals surface area contributed by atoms with Gasteiger partial charge in [-0.05, 0) is 96.8 Å². The molecule has 0 unspecified atom stereocenters. The molecule has 1 heterocycles. The first-order valence-corrected chi connectivity index (χ1v) is 19.4. The first-order chi connectivity index (χ1) is 24.5. The second-order valence-corrected chi connectivity index (χ2v) is 12.8. The molecule has 0 amide bonds. The van der Waals surface area contributed by atoms with Crippen LogP contribution in [0.25, 0.3) is 0 Å². The van der Waals surface area contributed by atoms with Gasteiger partial charge in [-0.2, -0.15) is 0 Å². The van der Waals surface area contributed by atoms with Crippen molar-refractivity contribution in [1.29, 1.82) is 0 Å². The molecule has 0 bridgehead atoms. The highest BCUT2D eigenvalue weighted by molar-refractivity contribution is 5.70. The lowest BCUT2D eigenvalue weighted by Gasteiger charge is -2.14. The number of hydrogen-bond donors (Lipinski definition) is 1. The standard InChI is InChI=1S/C44H67NO5/c1-4-6-8-10-12-14-16-18-20-22-24-26-28-30-32-34-42(46)49-37-40-36-45-39(3)44(48)41(40)38-50-43(47)35-33-31-29-27-25-23-21-19-17-15-13-11-9-7-5-2/h12-15,18-21,24-27,36,48H,4-11,16-17,22-23,28-35,37-38H2,1-3H3/b14-12-,15-13-,20-18-,21-19-,26-24-,27-25-. The summed E-state index contributed by atoms with van der Waals surface area (Å²) < 4.78 is 11.0. The minimum absolute atomic E-state index is 0.0238. The van der Waals surface area contributed by atoms with E-state index in [4.69, 9.17) is 9.47 Å². The zero-order chi connectivity index (χ0) is 36.3. The Bertz CT molecular complexity index is 1210. The van der Waals surface area contributed by atoms with Gasteiger partial charge in [-0.1, -0.05) is 112 Å². The van der Waals surface area contributed by atoms with Crippen LogP contribution in [-0.2, 0) is 32.3 Å². The fourth-order valence-electron chi connectivity index (χ4n) is 5.07. The first-order valence-electron chi connectivity index (χ1n) is 19.4. The maximum absolute atomic E-state index is 12.4. The highest BCUT2D eigenvalue weighted by Crippen LogP contribution is 2.25. The zero-order valence-electron chi connectivity index (χ0n) is 31.6. The molecule has 1 N–H and O–H groups in total. The topological polar surface area (TPSA) is 85.7 Å². The van der Waals surface area contributed by atoms with Crippen LogP contribution in [0.15, 0.2) is 79.1 Å². The second kappa shape index (κ2) is 32.5. The molecule has 1 aromatic heterocycles. The minimum atomic E-state index is -0.313. The molecule has 50 heavy (non-hydrogen) atoms. The van der Waals surface area contributed by atoms with Gasteiger partial charge >= 0.3 is 11.9 Å². The van der Waals surface area contributed by atoms with Crippen LogP contribution >= 0.6 is 0 Å². The number of aromatic nitrogens is 1. The first kappa shape index (κ1) is 44.4. The number of rotatable bonds is 30. The van der Waals surface area contributed by atoms with Crippen LogP contribution in [0.5, 0.6) is 5.75 Å². The van der Waals surface area contributed by atoms with Crippen molar-refractivity contribution in [3.05, 3.63) is 95.9 Å². The summed E-state index contributed by atoms with van der Waals surface area (Å²) in [6.07, 6.45) is 47.7. The van der Waals surface area contributed by atoms with E-state index in [1.54, 1.807) is 13.1 Å². The van der Waals surface area contributed by atoms with Gasteiger partial charge in [-0.15, -0.1) is 0 Å². The van der Waals surface area contributed by atoms with Crippen LogP contribution < -0.4 is 0 Å². The number of aromatic hydroxyl groups is 1. The van der Waals surface area contributed by atoms with Gasteiger partial charge in [-0.25, -0.2) is 0 Å². The maximum atomic E-state index is 12.4. The van der Waals surface area contributed by atoms with Crippen LogP contribution in [0.4, 0.5) is 0 Å². The third kappa shape index (κ3) is 25.3. The van der Waals surface area contributed by atoms with Crippen molar-refractivity contribution in [3.8, 4) is 5.75 Å². The van der Waals surface area contributed by atoms with Crippen molar-refractivity contribution in [3.63, 3.8) is 0 Å². The number of ether oxygens (including phenoxy) is 2. The number of hydrogen-bond acceptors (Lipinski definition) is 6. The lowest BCUT2D eigenvalue weighted by Crippen LogP contribution is -2.10. The Morgan fingerprint density at radius 3 is 1.38 bits per heavy atom. The van der Waals surface area contributed by atoms with Gasteiger partial charge in [0.1, 0.15) is 19.0 Å². The molecule has 0 saturated carbocycles. The highest BCUT2D eigenvalue weighted by Gasteiger charge is 2.16. The molecule has 1 rings (SSSR count). The van der Waals surface area contributed by atoms with Crippen molar-refractivity contribution in [2.45, 2.75) is 162 Å². The summed E-state index contributed by atoms with van der Waals surface area (Å²) in [5.41, 5.74) is 1.41. The number of esters is 2. The summed E-state index contributed by atoms with van der Waals surface area (Å²) in [5.74, 6) is -0.640. The van der Waals surface area contributed by atoms with E-state index in [0.29, 0.717) is 29.7 Å². The number of carbonyl (C=O) groups is 2. The lowest BCUT2D eigenvalue weighted by atomic mass is 10.1. The van der Waals surface area contributed by atoms with Crippen LogP contribution in [0.2, 0.25) is 0 Å². The van der Waals surface area contributed by atoms with E-state index in [2.05, 4.69) is 91.7 Å². The van der Waals surface area contributed by atoms with Gasteiger partial charge in [-0.3, -0.25) is 14.6 Å². The van der Waals surface area contributed by atoms with Gasteiger partial charge in [0.2, 0.25) is 0 Å². The Morgan fingerprint density at radius 2 is 0.960 bits per heavy atom. The summed E-state index contributed by atoms with van der Waals surface area (Å²) in [7, 11) is 0. The molecule has 0 aliphatic heterocycles. The molecule has 0 aromatic carbocycles. The fraction of sp³-hybridized carbons (Fsp3) is 0.568. The Balaban J connectivity index is 2.24. The predicted octanol–water partition coefficient (Wildman–Crippen LogP) is 12.4.